The SMILES string of the molecule is CNCCNCCNCCCNCCNCCCC(=O)O. The minimum absolute atomic E-state index is 0.246. The van der Waals surface area contributed by atoms with Gasteiger partial charge in [-0.1, -0.05) is 0 Å². The van der Waals surface area contributed by atoms with Gasteiger partial charge in [0.2, 0.25) is 0 Å². The fourth-order valence-electron chi connectivity index (χ4n) is 1.77. The van der Waals surface area contributed by atoms with Crippen LogP contribution < -0.4 is 26.6 Å². The molecule has 0 saturated carbocycles. The van der Waals surface area contributed by atoms with Crippen molar-refractivity contribution in [2.45, 2.75) is 19.3 Å². The first-order valence-electron chi connectivity index (χ1n) is 7.96. The van der Waals surface area contributed by atoms with Gasteiger partial charge >= 0.3 is 5.97 Å². The van der Waals surface area contributed by atoms with Crippen molar-refractivity contribution >= 4 is 5.97 Å². The molecule has 0 heterocycles. The summed E-state index contributed by atoms with van der Waals surface area (Å²) in [6.07, 6.45) is 2.06. The number of hydrogen-bond donors (Lipinski definition) is 6. The largest absolute Gasteiger partial charge is 0.481 e. The second-order valence-corrected chi connectivity index (χ2v) is 4.95. The molecule has 0 aliphatic carbocycles. The molecule has 21 heavy (non-hydrogen) atoms. The summed E-state index contributed by atoms with van der Waals surface area (Å²) >= 11 is 0. The molecule has 0 aromatic carbocycles. The van der Waals surface area contributed by atoms with Crippen molar-refractivity contribution in [3.63, 3.8) is 0 Å². The first-order chi connectivity index (χ1) is 10.3. The molecule has 0 aliphatic heterocycles. The number of carbonyl (C=O) groups is 1. The van der Waals surface area contributed by atoms with E-state index in [-0.39, 0.29) is 6.42 Å². The van der Waals surface area contributed by atoms with E-state index in [1.54, 1.807) is 0 Å². The maximum atomic E-state index is 10.3. The highest BCUT2D eigenvalue weighted by molar-refractivity contribution is 5.66. The van der Waals surface area contributed by atoms with Gasteiger partial charge in [-0.05, 0) is 39.5 Å². The van der Waals surface area contributed by atoms with Crippen LogP contribution in [0, 0.1) is 0 Å². The molecule has 0 aromatic rings. The van der Waals surface area contributed by atoms with E-state index in [0.29, 0.717) is 6.42 Å². The Morgan fingerprint density at radius 2 is 1.14 bits per heavy atom. The third kappa shape index (κ3) is 19.3. The van der Waals surface area contributed by atoms with Gasteiger partial charge in [0.15, 0.2) is 0 Å². The van der Waals surface area contributed by atoms with Crippen molar-refractivity contribution in [3.8, 4) is 0 Å². The predicted molar refractivity (Wildman–Crippen MR) is 86.9 cm³/mol. The Hall–Kier alpha value is -0.730. The molecular formula is C14H33N5O2. The van der Waals surface area contributed by atoms with Gasteiger partial charge in [0.1, 0.15) is 0 Å². The quantitative estimate of drug-likeness (QED) is 0.188. The molecule has 7 heteroatoms. The summed E-state index contributed by atoms with van der Waals surface area (Å²) in [6, 6.07) is 0. The van der Waals surface area contributed by atoms with Gasteiger partial charge in [0.25, 0.3) is 0 Å². The topological polar surface area (TPSA) is 97.5 Å². The van der Waals surface area contributed by atoms with E-state index in [1.807, 2.05) is 7.05 Å². The molecule has 0 aromatic heterocycles. The van der Waals surface area contributed by atoms with Crippen molar-refractivity contribution in [2.75, 3.05) is 66.0 Å². The van der Waals surface area contributed by atoms with E-state index >= 15 is 0 Å². The minimum atomic E-state index is -0.723. The van der Waals surface area contributed by atoms with Crippen molar-refractivity contribution < 1.29 is 9.90 Å². The summed E-state index contributed by atoms with van der Waals surface area (Å²) in [5.74, 6) is -0.723. The lowest BCUT2D eigenvalue weighted by Gasteiger charge is -2.08. The van der Waals surface area contributed by atoms with Gasteiger partial charge in [-0.15, -0.1) is 0 Å². The lowest BCUT2D eigenvalue weighted by molar-refractivity contribution is -0.137. The molecular weight excluding hydrogens is 270 g/mol. The average molecular weight is 303 g/mol. The molecule has 126 valence electrons. The van der Waals surface area contributed by atoms with Crippen LogP contribution in [0.25, 0.3) is 0 Å². The van der Waals surface area contributed by atoms with E-state index in [0.717, 1.165) is 65.3 Å². The van der Waals surface area contributed by atoms with Crippen LogP contribution >= 0.6 is 0 Å². The van der Waals surface area contributed by atoms with E-state index in [4.69, 9.17) is 5.11 Å². The second kappa shape index (κ2) is 17.3. The molecule has 0 amide bonds. The highest BCUT2D eigenvalue weighted by Crippen LogP contribution is 1.84. The standard InChI is InChI=1S/C14H33N5O2/c1-15-8-9-19-13-12-18-7-3-6-17-11-10-16-5-2-4-14(20)21/h15-19H,2-13H2,1H3,(H,20,21). The number of carboxylic acid groups (broad SMARTS) is 1. The van der Waals surface area contributed by atoms with Crippen molar-refractivity contribution in [1.29, 1.82) is 0 Å². The van der Waals surface area contributed by atoms with Crippen LogP contribution in [0.3, 0.4) is 0 Å². The third-order valence-electron chi connectivity index (χ3n) is 2.96. The van der Waals surface area contributed by atoms with Gasteiger partial charge in [-0.3, -0.25) is 4.79 Å². The van der Waals surface area contributed by atoms with Crippen LogP contribution in [-0.4, -0.2) is 77.0 Å². The van der Waals surface area contributed by atoms with Gasteiger partial charge < -0.3 is 31.7 Å². The van der Waals surface area contributed by atoms with Gasteiger partial charge in [-0.2, -0.15) is 0 Å². The van der Waals surface area contributed by atoms with Crippen LogP contribution in [0.1, 0.15) is 19.3 Å². The van der Waals surface area contributed by atoms with E-state index in [2.05, 4.69) is 26.6 Å². The van der Waals surface area contributed by atoms with E-state index in [9.17, 15) is 4.79 Å². The molecule has 0 bridgehead atoms. The van der Waals surface area contributed by atoms with Gasteiger partial charge in [0, 0.05) is 45.7 Å². The minimum Gasteiger partial charge on any atom is -0.481 e. The predicted octanol–water partition coefficient (Wildman–Crippen LogP) is -1.18. The van der Waals surface area contributed by atoms with Crippen molar-refractivity contribution in [1.82, 2.24) is 26.6 Å². The lowest BCUT2D eigenvalue weighted by Crippen LogP contribution is -2.33. The zero-order valence-corrected chi connectivity index (χ0v) is 13.3. The number of carboxylic acids is 1. The Labute approximate surface area is 128 Å². The lowest BCUT2D eigenvalue weighted by atomic mass is 10.3. The Kier molecular flexibility index (Phi) is 16.7. The molecule has 0 rings (SSSR count). The molecule has 0 atom stereocenters. The fraction of sp³-hybridized carbons (Fsp3) is 0.929. The maximum absolute atomic E-state index is 10.3. The summed E-state index contributed by atoms with van der Waals surface area (Å²) in [5.41, 5.74) is 0. The summed E-state index contributed by atoms with van der Waals surface area (Å²) in [5, 5.41) is 24.9. The number of aliphatic carboxylic acids is 1. The molecule has 7 nitrogen and oxygen atoms in total. The average Bonchev–Trinajstić information content (AvgIpc) is 2.46. The zero-order valence-electron chi connectivity index (χ0n) is 13.3. The smallest absolute Gasteiger partial charge is 0.303 e. The normalized spacial score (nSPS) is 10.9. The number of likely N-dealkylation sites (N-methyl/N-ethyl adjacent to an activating group) is 1. The van der Waals surface area contributed by atoms with E-state index < -0.39 is 5.97 Å². The van der Waals surface area contributed by atoms with Crippen LogP contribution in [0.2, 0.25) is 0 Å². The fourth-order valence-corrected chi connectivity index (χ4v) is 1.77. The molecule has 0 saturated heterocycles. The van der Waals surface area contributed by atoms with Crippen LogP contribution in [-0.2, 0) is 4.79 Å². The van der Waals surface area contributed by atoms with Gasteiger partial charge in [0.05, 0.1) is 0 Å². The third-order valence-corrected chi connectivity index (χ3v) is 2.96. The highest BCUT2D eigenvalue weighted by Gasteiger charge is 1.95. The molecule has 0 fully saturated rings. The first kappa shape index (κ1) is 20.3. The molecule has 0 aliphatic rings. The number of nitrogens with one attached hydrogen (secondary N) is 5. The molecule has 0 spiro atoms. The Bertz CT molecular complexity index is 229. The zero-order chi connectivity index (χ0) is 15.6. The Morgan fingerprint density at radius 1 is 0.714 bits per heavy atom. The maximum Gasteiger partial charge on any atom is 0.303 e. The number of hydrogen-bond acceptors (Lipinski definition) is 6. The van der Waals surface area contributed by atoms with Crippen LogP contribution in [0.15, 0.2) is 0 Å². The molecule has 0 radical (unpaired) electrons. The van der Waals surface area contributed by atoms with Crippen molar-refractivity contribution in [2.24, 2.45) is 0 Å². The Balaban J connectivity index is 2.95. The van der Waals surface area contributed by atoms with Crippen LogP contribution in [0.4, 0.5) is 0 Å². The summed E-state index contributed by atoms with van der Waals surface area (Å²) < 4.78 is 0. The van der Waals surface area contributed by atoms with Gasteiger partial charge in [-0.25, -0.2) is 0 Å². The summed E-state index contributed by atoms with van der Waals surface area (Å²) in [6.45, 7) is 8.68. The number of rotatable bonds is 17. The molecule has 0 unspecified atom stereocenters. The summed E-state index contributed by atoms with van der Waals surface area (Å²) in [7, 11) is 1.96. The van der Waals surface area contributed by atoms with Crippen molar-refractivity contribution in [3.05, 3.63) is 0 Å². The monoisotopic (exact) mass is 303 g/mol. The van der Waals surface area contributed by atoms with Crippen LogP contribution in [0.5, 0.6) is 0 Å². The molecule has 6 N–H and O–H groups in total. The Morgan fingerprint density at radius 3 is 1.62 bits per heavy atom. The second-order valence-electron chi connectivity index (χ2n) is 4.95. The highest BCUT2D eigenvalue weighted by atomic mass is 16.4. The van der Waals surface area contributed by atoms with E-state index in [1.165, 1.54) is 0 Å². The first-order valence-corrected chi connectivity index (χ1v) is 7.96. The summed E-state index contributed by atoms with van der Waals surface area (Å²) in [4.78, 5) is 10.3.